The van der Waals surface area contributed by atoms with Crippen molar-refractivity contribution in [1.29, 1.82) is 0 Å². The molecule has 0 unspecified atom stereocenters. The quantitative estimate of drug-likeness (QED) is 0.830. The van der Waals surface area contributed by atoms with Crippen LogP contribution in [0.4, 0.5) is 0 Å². The fourth-order valence-electron chi connectivity index (χ4n) is 1.88. The molecule has 0 aromatic heterocycles. The Kier molecular flexibility index (Phi) is 4.91. The molecule has 1 N–H and O–H groups in total. The van der Waals surface area contributed by atoms with Gasteiger partial charge in [-0.15, -0.1) is 0 Å². The van der Waals surface area contributed by atoms with Crippen molar-refractivity contribution in [3.8, 4) is 5.75 Å². The summed E-state index contributed by atoms with van der Waals surface area (Å²) in [6.07, 6.45) is 3.98. The SMILES string of the molecule is CC(C)(C)NCc1ccc(OCCC2CC2)c(Br)c1. The minimum Gasteiger partial charge on any atom is -0.492 e. The van der Waals surface area contributed by atoms with Crippen LogP contribution < -0.4 is 10.1 Å². The van der Waals surface area contributed by atoms with E-state index in [1.807, 2.05) is 0 Å². The fourth-order valence-corrected chi connectivity index (χ4v) is 2.42. The van der Waals surface area contributed by atoms with Gasteiger partial charge in [0.2, 0.25) is 0 Å². The first-order valence-electron chi connectivity index (χ1n) is 7.10. The molecule has 0 heterocycles. The number of benzene rings is 1. The third-order valence-electron chi connectivity index (χ3n) is 3.30. The molecule has 0 bridgehead atoms. The highest BCUT2D eigenvalue weighted by Crippen LogP contribution is 2.33. The molecular weight excluding hydrogens is 302 g/mol. The van der Waals surface area contributed by atoms with Crippen molar-refractivity contribution < 1.29 is 4.74 Å². The number of halogens is 1. The van der Waals surface area contributed by atoms with E-state index in [4.69, 9.17) is 4.74 Å². The Morgan fingerprint density at radius 3 is 2.63 bits per heavy atom. The lowest BCUT2D eigenvalue weighted by Gasteiger charge is -2.20. The predicted octanol–water partition coefficient (Wildman–Crippen LogP) is 4.52. The van der Waals surface area contributed by atoms with Crippen molar-refractivity contribution in [2.24, 2.45) is 5.92 Å². The maximum atomic E-state index is 5.82. The highest BCUT2D eigenvalue weighted by Gasteiger charge is 2.20. The molecule has 3 heteroatoms. The van der Waals surface area contributed by atoms with E-state index in [0.717, 1.165) is 29.3 Å². The first-order valence-corrected chi connectivity index (χ1v) is 7.89. The van der Waals surface area contributed by atoms with Gasteiger partial charge in [0, 0.05) is 12.1 Å². The number of hydrogen-bond acceptors (Lipinski definition) is 2. The summed E-state index contributed by atoms with van der Waals surface area (Å²) < 4.78 is 6.87. The summed E-state index contributed by atoms with van der Waals surface area (Å²) in [5, 5.41) is 3.49. The Balaban J connectivity index is 1.84. The lowest BCUT2D eigenvalue weighted by Crippen LogP contribution is -2.35. The van der Waals surface area contributed by atoms with Gasteiger partial charge < -0.3 is 10.1 Å². The van der Waals surface area contributed by atoms with Crippen molar-refractivity contribution in [3.63, 3.8) is 0 Å². The topological polar surface area (TPSA) is 21.3 Å². The number of rotatable bonds is 6. The van der Waals surface area contributed by atoms with Gasteiger partial charge in [0.05, 0.1) is 11.1 Å². The van der Waals surface area contributed by atoms with E-state index < -0.39 is 0 Å². The van der Waals surface area contributed by atoms with Gasteiger partial charge in [-0.05, 0) is 66.7 Å². The molecule has 1 aliphatic carbocycles. The van der Waals surface area contributed by atoms with E-state index in [1.165, 1.54) is 24.8 Å². The van der Waals surface area contributed by atoms with E-state index >= 15 is 0 Å². The molecule has 0 atom stereocenters. The second-order valence-corrected chi connectivity index (χ2v) is 7.30. The zero-order valence-electron chi connectivity index (χ0n) is 12.1. The van der Waals surface area contributed by atoms with Crippen molar-refractivity contribution in [2.75, 3.05) is 6.61 Å². The van der Waals surface area contributed by atoms with Crippen molar-refractivity contribution in [1.82, 2.24) is 5.32 Å². The monoisotopic (exact) mass is 325 g/mol. The summed E-state index contributed by atoms with van der Waals surface area (Å²) in [6.45, 7) is 8.25. The Bertz CT molecular complexity index is 421. The van der Waals surface area contributed by atoms with Gasteiger partial charge in [-0.25, -0.2) is 0 Å². The Morgan fingerprint density at radius 1 is 1.32 bits per heavy atom. The van der Waals surface area contributed by atoms with Gasteiger partial charge in [-0.1, -0.05) is 18.9 Å². The van der Waals surface area contributed by atoms with Crippen LogP contribution in [0.3, 0.4) is 0 Å². The minimum atomic E-state index is 0.145. The maximum Gasteiger partial charge on any atom is 0.133 e. The predicted molar refractivity (Wildman–Crippen MR) is 83.6 cm³/mol. The largest absolute Gasteiger partial charge is 0.492 e. The molecule has 0 amide bonds. The van der Waals surface area contributed by atoms with Crippen LogP contribution in [0.25, 0.3) is 0 Å². The Labute approximate surface area is 125 Å². The van der Waals surface area contributed by atoms with E-state index in [1.54, 1.807) is 0 Å². The molecule has 2 nitrogen and oxygen atoms in total. The summed E-state index contributed by atoms with van der Waals surface area (Å²) in [6, 6.07) is 6.35. The smallest absolute Gasteiger partial charge is 0.133 e. The molecule has 1 aromatic carbocycles. The number of nitrogens with one attached hydrogen (secondary N) is 1. The molecule has 0 aliphatic heterocycles. The summed E-state index contributed by atoms with van der Waals surface area (Å²) in [7, 11) is 0. The highest BCUT2D eigenvalue weighted by atomic mass is 79.9. The summed E-state index contributed by atoms with van der Waals surface area (Å²) in [5.74, 6) is 1.88. The van der Waals surface area contributed by atoms with Gasteiger partial charge in [-0.2, -0.15) is 0 Å². The van der Waals surface area contributed by atoms with Gasteiger partial charge in [0.25, 0.3) is 0 Å². The van der Waals surface area contributed by atoms with E-state index in [-0.39, 0.29) is 5.54 Å². The second kappa shape index (κ2) is 6.27. The third kappa shape index (κ3) is 5.53. The third-order valence-corrected chi connectivity index (χ3v) is 3.92. The van der Waals surface area contributed by atoms with Crippen LogP contribution in [0.1, 0.15) is 45.6 Å². The molecule has 2 rings (SSSR count). The first kappa shape index (κ1) is 14.9. The number of hydrogen-bond donors (Lipinski definition) is 1. The molecular formula is C16H24BrNO. The zero-order chi connectivity index (χ0) is 13.9. The second-order valence-electron chi connectivity index (χ2n) is 6.45. The number of ether oxygens (including phenoxy) is 1. The molecule has 0 radical (unpaired) electrons. The molecule has 106 valence electrons. The van der Waals surface area contributed by atoms with Crippen LogP contribution in [0.2, 0.25) is 0 Å². The van der Waals surface area contributed by atoms with Gasteiger partial charge >= 0.3 is 0 Å². The molecule has 1 saturated carbocycles. The fraction of sp³-hybridized carbons (Fsp3) is 0.625. The first-order chi connectivity index (χ1) is 8.94. The maximum absolute atomic E-state index is 5.82. The molecule has 1 aliphatic rings. The lowest BCUT2D eigenvalue weighted by atomic mass is 10.1. The standard InChI is InChI=1S/C16H24BrNO/c1-16(2,3)18-11-13-6-7-15(14(17)10-13)19-9-8-12-4-5-12/h6-7,10,12,18H,4-5,8-9,11H2,1-3H3. The molecule has 1 fully saturated rings. The summed E-state index contributed by atoms with van der Waals surface area (Å²) in [5.41, 5.74) is 1.42. The highest BCUT2D eigenvalue weighted by molar-refractivity contribution is 9.10. The summed E-state index contributed by atoms with van der Waals surface area (Å²) in [4.78, 5) is 0. The van der Waals surface area contributed by atoms with Crippen LogP contribution in [0, 0.1) is 5.92 Å². The molecule has 19 heavy (non-hydrogen) atoms. The van der Waals surface area contributed by atoms with Crippen molar-refractivity contribution in [3.05, 3.63) is 28.2 Å². The van der Waals surface area contributed by atoms with Crippen molar-refractivity contribution in [2.45, 2.75) is 52.1 Å². The molecule has 0 spiro atoms. The van der Waals surface area contributed by atoms with Crippen LogP contribution in [0.15, 0.2) is 22.7 Å². The average Bonchev–Trinajstić information content (AvgIpc) is 3.12. The zero-order valence-corrected chi connectivity index (χ0v) is 13.7. The van der Waals surface area contributed by atoms with Gasteiger partial charge in [0.15, 0.2) is 0 Å². The Hall–Kier alpha value is -0.540. The van der Waals surface area contributed by atoms with Crippen LogP contribution in [-0.4, -0.2) is 12.1 Å². The van der Waals surface area contributed by atoms with Crippen LogP contribution >= 0.6 is 15.9 Å². The minimum absolute atomic E-state index is 0.145. The lowest BCUT2D eigenvalue weighted by molar-refractivity contribution is 0.300. The van der Waals surface area contributed by atoms with Crippen LogP contribution in [0.5, 0.6) is 5.75 Å². The molecule has 1 aromatic rings. The van der Waals surface area contributed by atoms with Gasteiger partial charge in [-0.3, -0.25) is 0 Å². The van der Waals surface area contributed by atoms with E-state index in [9.17, 15) is 0 Å². The van der Waals surface area contributed by atoms with Gasteiger partial charge in [0.1, 0.15) is 5.75 Å². The van der Waals surface area contributed by atoms with E-state index in [0.29, 0.717) is 0 Å². The van der Waals surface area contributed by atoms with Crippen molar-refractivity contribution >= 4 is 15.9 Å². The normalized spacial score (nSPS) is 15.6. The van der Waals surface area contributed by atoms with E-state index in [2.05, 4.69) is 60.2 Å². The Morgan fingerprint density at radius 2 is 2.05 bits per heavy atom. The van der Waals surface area contributed by atoms with Crippen LogP contribution in [-0.2, 0) is 6.54 Å². The summed E-state index contributed by atoms with van der Waals surface area (Å²) >= 11 is 3.60. The molecule has 0 saturated heterocycles. The average molecular weight is 326 g/mol.